The third-order valence-corrected chi connectivity index (χ3v) is 7.47. The van der Waals surface area contributed by atoms with E-state index in [1.54, 1.807) is 11.9 Å². The number of hydrogen-bond donors (Lipinski definition) is 2. The minimum Gasteiger partial charge on any atom is -0.497 e. The molecule has 0 fully saturated rings. The molecule has 2 aromatic carbocycles. The number of ether oxygens (including phenoxy) is 1. The van der Waals surface area contributed by atoms with E-state index < -0.39 is 32.3 Å². The Morgan fingerprint density at radius 1 is 1.16 bits per heavy atom. The van der Waals surface area contributed by atoms with E-state index in [9.17, 15) is 26.4 Å². The number of alkyl halides is 3. The number of methoxy groups -OCH3 is 1. The molecule has 202 valence electrons. The number of sulfone groups is 1. The lowest BCUT2D eigenvalue weighted by Gasteiger charge is -2.18. The molecule has 1 amide bonds. The van der Waals surface area contributed by atoms with Crippen molar-refractivity contribution in [2.45, 2.75) is 36.9 Å². The molecule has 0 aliphatic carbocycles. The third-order valence-electron chi connectivity index (χ3n) is 5.86. The summed E-state index contributed by atoms with van der Waals surface area (Å²) in [4.78, 5) is 17.7. The second-order valence-electron chi connectivity index (χ2n) is 8.68. The lowest BCUT2D eigenvalue weighted by Crippen LogP contribution is -2.27. The Bertz CT molecular complexity index is 1220. The van der Waals surface area contributed by atoms with Gasteiger partial charge in [0, 0.05) is 32.1 Å². The molecule has 0 radical (unpaired) electrons. The molecule has 37 heavy (non-hydrogen) atoms. The fourth-order valence-corrected chi connectivity index (χ4v) is 5.21. The molecule has 0 aromatic heterocycles. The lowest BCUT2D eigenvalue weighted by atomic mass is 10.1. The van der Waals surface area contributed by atoms with E-state index in [0.717, 1.165) is 36.1 Å². The van der Waals surface area contributed by atoms with Crippen molar-refractivity contribution < 1.29 is 31.1 Å². The monoisotopic (exact) mass is 540 g/mol. The van der Waals surface area contributed by atoms with Gasteiger partial charge < -0.3 is 20.3 Å². The molecule has 0 bridgehead atoms. The smallest absolute Gasteiger partial charge is 0.417 e. The first-order valence-corrected chi connectivity index (χ1v) is 13.5. The SMILES string of the molecule is COc1ccc(S(=O)(=O)CNCCCCC(=O)N(C)Cc2ccc(C3=NCCN3)cc2)c(C(F)(F)F)c1. The molecule has 1 aliphatic heterocycles. The average molecular weight is 541 g/mol. The van der Waals surface area contributed by atoms with E-state index in [-0.39, 0.29) is 24.6 Å². The molecule has 1 aliphatic rings. The Labute approximate surface area is 214 Å². The number of aliphatic imine (C=N–C) groups is 1. The fraction of sp³-hybridized carbons (Fsp3) is 0.440. The molecular weight excluding hydrogens is 509 g/mol. The van der Waals surface area contributed by atoms with Crippen molar-refractivity contribution in [3.05, 3.63) is 59.2 Å². The minimum atomic E-state index is -4.84. The van der Waals surface area contributed by atoms with E-state index in [1.807, 2.05) is 24.3 Å². The van der Waals surface area contributed by atoms with Crippen molar-refractivity contribution in [3.8, 4) is 5.75 Å². The number of carbonyl (C=O) groups is 1. The van der Waals surface area contributed by atoms with Gasteiger partial charge in [-0.25, -0.2) is 8.42 Å². The Balaban J connectivity index is 1.41. The highest BCUT2D eigenvalue weighted by Gasteiger charge is 2.37. The molecule has 8 nitrogen and oxygen atoms in total. The van der Waals surface area contributed by atoms with Crippen LogP contribution in [0.15, 0.2) is 52.4 Å². The Kier molecular flexibility index (Phi) is 9.55. The van der Waals surface area contributed by atoms with Crippen LogP contribution < -0.4 is 15.4 Å². The van der Waals surface area contributed by atoms with Gasteiger partial charge in [-0.05, 0) is 43.1 Å². The number of nitrogens with zero attached hydrogens (tertiary/aromatic N) is 2. The summed E-state index contributed by atoms with van der Waals surface area (Å²) >= 11 is 0. The number of unbranched alkanes of at least 4 members (excludes halogenated alkanes) is 1. The van der Waals surface area contributed by atoms with Crippen molar-refractivity contribution in [1.29, 1.82) is 0 Å². The van der Waals surface area contributed by atoms with E-state index in [4.69, 9.17) is 4.74 Å². The number of amides is 1. The predicted molar refractivity (Wildman–Crippen MR) is 134 cm³/mol. The molecule has 0 atom stereocenters. The lowest BCUT2D eigenvalue weighted by molar-refractivity contribution is -0.140. The van der Waals surface area contributed by atoms with E-state index in [2.05, 4.69) is 15.6 Å². The summed E-state index contributed by atoms with van der Waals surface area (Å²) in [5.41, 5.74) is 0.731. The molecule has 2 aromatic rings. The number of benzene rings is 2. The van der Waals surface area contributed by atoms with Crippen LogP contribution in [0.2, 0.25) is 0 Å². The first-order valence-electron chi connectivity index (χ1n) is 11.8. The number of carbonyl (C=O) groups excluding carboxylic acids is 1. The van der Waals surface area contributed by atoms with Crippen molar-refractivity contribution in [1.82, 2.24) is 15.5 Å². The molecule has 0 spiro atoms. The van der Waals surface area contributed by atoms with Crippen LogP contribution in [0, 0.1) is 0 Å². The predicted octanol–water partition coefficient (Wildman–Crippen LogP) is 3.21. The summed E-state index contributed by atoms with van der Waals surface area (Å²) in [5.74, 6) is 0.102. The van der Waals surface area contributed by atoms with Gasteiger partial charge >= 0.3 is 6.18 Å². The molecule has 12 heteroatoms. The van der Waals surface area contributed by atoms with Gasteiger partial charge in [-0.15, -0.1) is 0 Å². The van der Waals surface area contributed by atoms with Crippen molar-refractivity contribution in [3.63, 3.8) is 0 Å². The van der Waals surface area contributed by atoms with Gasteiger partial charge in [-0.1, -0.05) is 24.3 Å². The van der Waals surface area contributed by atoms with Crippen LogP contribution in [0.4, 0.5) is 13.2 Å². The van der Waals surface area contributed by atoms with Gasteiger partial charge in [0.1, 0.15) is 17.5 Å². The van der Waals surface area contributed by atoms with Crippen molar-refractivity contribution >= 4 is 21.6 Å². The molecule has 0 unspecified atom stereocenters. The first kappa shape index (κ1) is 28.5. The van der Waals surface area contributed by atoms with Crippen molar-refractivity contribution in [2.24, 2.45) is 4.99 Å². The van der Waals surface area contributed by atoms with Gasteiger partial charge in [-0.3, -0.25) is 9.79 Å². The van der Waals surface area contributed by atoms with E-state index in [1.165, 1.54) is 13.2 Å². The highest BCUT2D eigenvalue weighted by molar-refractivity contribution is 7.91. The van der Waals surface area contributed by atoms with Crippen LogP contribution in [0.3, 0.4) is 0 Å². The van der Waals surface area contributed by atoms with Gasteiger partial charge in [0.15, 0.2) is 9.84 Å². The van der Waals surface area contributed by atoms with Gasteiger partial charge in [0.2, 0.25) is 5.91 Å². The Morgan fingerprint density at radius 3 is 2.51 bits per heavy atom. The van der Waals surface area contributed by atoms with Gasteiger partial charge in [-0.2, -0.15) is 13.2 Å². The van der Waals surface area contributed by atoms with E-state index >= 15 is 0 Å². The average Bonchev–Trinajstić information content (AvgIpc) is 3.40. The van der Waals surface area contributed by atoms with Gasteiger partial charge in [0.05, 0.1) is 24.1 Å². The summed E-state index contributed by atoms with van der Waals surface area (Å²) in [6.45, 7) is 2.30. The maximum absolute atomic E-state index is 13.4. The minimum absolute atomic E-state index is 0.0495. The zero-order valence-corrected chi connectivity index (χ0v) is 21.6. The Hall–Kier alpha value is -3.12. The normalized spacial score (nSPS) is 13.7. The maximum atomic E-state index is 13.4. The highest BCUT2D eigenvalue weighted by atomic mass is 32.2. The molecule has 1 heterocycles. The summed E-state index contributed by atoms with van der Waals surface area (Å²) in [6.07, 6.45) is -3.56. The van der Waals surface area contributed by atoms with Crippen LogP contribution >= 0.6 is 0 Å². The standard InChI is InChI=1S/C25H31F3N4O4S/c1-32(16-18-6-8-19(9-7-18)24-30-13-14-31-24)23(33)5-3-4-12-29-17-37(34,35)22-11-10-20(36-2)15-21(22)25(26,27)28/h6-11,15,29H,3-5,12-14,16-17H2,1-2H3,(H,30,31). The number of halogens is 3. The van der Waals surface area contributed by atoms with Crippen LogP contribution in [0.25, 0.3) is 0 Å². The second kappa shape index (κ2) is 12.4. The summed E-state index contributed by atoms with van der Waals surface area (Å²) in [5, 5.41) is 5.89. The van der Waals surface area contributed by atoms with Crippen molar-refractivity contribution in [2.75, 3.05) is 39.7 Å². The molecule has 2 N–H and O–H groups in total. The highest BCUT2D eigenvalue weighted by Crippen LogP contribution is 2.36. The quantitative estimate of drug-likeness (QED) is 0.401. The number of rotatable bonds is 12. The van der Waals surface area contributed by atoms with Crippen LogP contribution in [-0.2, 0) is 27.4 Å². The summed E-state index contributed by atoms with van der Waals surface area (Å²) < 4.78 is 69.9. The topological polar surface area (TPSA) is 100 Å². The van der Waals surface area contributed by atoms with E-state index in [0.29, 0.717) is 25.5 Å². The van der Waals surface area contributed by atoms with Crippen LogP contribution in [-0.4, -0.2) is 64.7 Å². The maximum Gasteiger partial charge on any atom is 0.417 e. The molecule has 0 saturated carbocycles. The summed E-state index contributed by atoms with van der Waals surface area (Å²) in [6, 6.07) is 10.6. The summed E-state index contributed by atoms with van der Waals surface area (Å²) in [7, 11) is -1.31. The zero-order valence-electron chi connectivity index (χ0n) is 20.8. The van der Waals surface area contributed by atoms with Crippen LogP contribution in [0.5, 0.6) is 5.75 Å². The number of amidine groups is 1. The molecule has 3 rings (SSSR count). The van der Waals surface area contributed by atoms with Gasteiger partial charge in [0.25, 0.3) is 0 Å². The second-order valence-corrected chi connectivity index (χ2v) is 10.6. The molecular formula is C25H31F3N4O4S. The largest absolute Gasteiger partial charge is 0.497 e. The number of nitrogens with one attached hydrogen (secondary N) is 2. The third kappa shape index (κ3) is 7.93. The number of hydrogen-bond acceptors (Lipinski definition) is 7. The molecule has 0 saturated heterocycles. The fourth-order valence-electron chi connectivity index (χ4n) is 3.85. The first-order chi connectivity index (χ1) is 17.5. The zero-order chi connectivity index (χ0) is 27.1. The van der Waals surface area contributed by atoms with Crippen LogP contribution in [0.1, 0.15) is 36.0 Å². The Morgan fingerprint density at radius 2 is 1.89 bits per heavy atom.